The van der Waals surface area contributed by atoms with Gasteiger partial charge in [0.2, 0.25) is 0 Å². The Morgan fingerprint density at radius 2 is 1.83 bits per heavy atom. The smallest absolute Gasteiger partial charge is 0.326 e. The molecule has 1 aromatic rings. The average molecular weight is 255 g/mol. The number of aliphatic carboxylic acids is 2. The summed E-state index contributed by atoms with van der Waals surface area (Å²) in [4.78, 5) is 32.7. The summed E-state index contributed by atoms with van der Waals surface area (Å²) < 4.78 is 13.2. The summed E-state index contributed by atoms with van der Waals surface area (Å²) in [6.45, 7) is 0. The van der Waals surface area contributed by atoms with Crippen LogP contribution in [0.15, 0.2) is 24.3 Å². The van der Waals surface area contributed by atoms with E-state index < -0.39 is 36.1 Å². The van der Waals surface area contributed by atoms with Crippen molar-refractivity contribution in [2.45, 2.75) is 12.5 Å². The maximum atomic E-state index is 13.2. The van der Waals surface area contributed by atoms with Crippen LogP contribution in [0.1, 0.15) is 16.8 Å². The van der Waals surface area contributed by atoms with Gasteiger partial charge in [0.1, 0.15) is 11.9 Å². The lowest BCUT2D eigenvalue weighted by Gasteiger charge is -2.12. The van der Waals surface area contributed by atoms with Gasteiger partial charge >= 0.3 is 11.9 Å². The Kier molecular flexibility index (Phi) is 4.36. The Bertz CT molecular complexity index is 488. The summed E-state index contributed by atoms with van der Waals surface area (Å²) >= 11 is 0. The van der Waals surface area contributed by atoms with Gasteiger partial charge in [-0.2, -0.15) is 0 Å². The number of rotatable bonds is 5. The fourth-order valence-electron chi connectivity index (χ4n) is 1.26. The van der Waals surface area contributed by atoms with Gasteiger partial charge in [-0.3, -0.25) is 9.59 Å². The molecule has 3 N–H and O–H groups in total. The first-order valence-corrected chi connectivity index (χ1v) is 4.92. The first-order chi connectivity index (χ1) is 8.41. The lowest BCUT2D eigenvalue weighted by atomic mass is 10.1. The topological polar surface area (TPSA) is 104 Å². The molecule has 18 heavy (non-hydrogen) atoms. The third-order valence-corrected chi connectivity index (χ3v) is 2.10. The van der Waals surface area contributed by atoms with Crippen LogP contribution in [0.2, 0.25) is 0 Å². The largest absolute Gasteiger partial charge is 0.481 e. The van der Waals surface area contributed by atoms with Crippen LogP contribution in [0.5, 0.6) is 0 Å². The van der Waals surface area contributed by atoms with Gasteiger partial charge in [-0.25, -0.2) is 9.18 Å². The van der Waals surface area contributed by atoms with Gasteiger partial charge in [0.05, 0.1) is 12.0 Å². The molecule has 1 rings (SSSR count). The van der Waals surface area contributed by atoms with Crippen LogP contribution in [0.25, 0.3) is 0 Å². The fraction of sp³-hybridized carbons (Fsp3) is 0.182. The van der Waals surface area contributed by atoms with Crippen LogP contribution in [0.3, 0.4) is 0 Å². The van der Waals surface area contributed by atoms with E-state index in [-0.39, 0.29) is 5.56 Å². The SMILES string of the molecule is O=C(O)CC(NC(=O)c1ccccc1F)C(=O)O. The Morgan fingerprint density at radius 3 is 2.33 bits per heavy atom. The second-order valence-electron chi connectivity index (χ2n) is 3.44. The van der Waals surface area contributed by atoms with Gasteiger partial charge in [-0.15, -0.1) is 0 Å². The monoisotopic (exact) mass is 255 g/mol. The van der Waals surface area contributed by atoms with Crippen molar-refractivity contribution in [1.29, 1.82) is 0 Å². The van der Waals surface area contributed by atoms with Crippen LogP contribution >= 0.6 is 0 Å². The van der Waals surface area contributed by atoms with Crippen LogP contribution in [-0.4, -0.2) is 34.1 Å². The molecule has 1 amide bonds. The Labute approximate surface area is 101 Å². The highest BCUT2D eigenvalue weighted by Gasteiger charge is 2.24. The zero-order valence-corrected chi connectivity index (χ0v) is 9.09. The molecule has 1 unspecified atom stereocenters. The maximum absolute atomic E-state index is 13.2. The first kappa shape index (κ1) is 13.6. The van der Waals surface area contributed by atoms with E-state index in [9.17, 15) is 18.8 Å². The van der Waals surface area contributed by atoms with Crippen LogP contribution < -0.4 is 5.32 Å². The molecule has 1 atom stereocenters. The van der Waals surface area contributed by atoms with Crippen molar-refractivity contribution < 1.29 is 29.0 Å². The van der Waals surface area contributed by atoms with Crippen LogP contribution in [0, 0.1) is 5.82 Å². The molecule has 96 valence electrons. The molecule has 0 saturated heterocycles. The average Bonchev–Trinajstić information content (AvgIpc) is 2.27. The number of amides is 1. The van der Waals surface area contributed by atoms with Gasteiger partial charge in [0, 0.05) is 0 Å². The summed E-state index contributed by atoms with van der Waals surface area (Å²) in [6, 6.07) is 3.39. The zero-order valence-electron chi connectivity index (χ0n) is 9.09. The third-order valence-electron chi connectivity index (χ3n) is 2.10. The fourth-order valence-corrected chi connectivity index (χ4v) is 1.26. The van der Waals surface area contributed by atoms with Crippen molar-refractivity contribution in [3.8, 4) is 0 Å². The summed E-state index contributed by atoms with van der Waals surface area (Å²) in [5, 5.41) is 19.1. The Balaban J connectivity index is 2.82. The summed E-state index contributed by atoms with van der Waals surface area (Å²) in [7, 11) is 0. The normalized spacial score (nSPS) is 11.6. The molecule has 0 bridgehead atoms. The van der Waals surface area contributed by atoms with E-state index in [0.717, 1.165) is 6.07 Å². The second kappa shape index (κ2) is 5.76. The number of carbonyl (C=O) groups excluding carboxylic acids is 1. The molecule has 1 aromatic carbocycles. The molecule has 0 aliphatic carbocycles. The number of halogens is 1. The van der Waals surface area contributed by atoms with Gasteiger partial charge < -0.3 is 15.5 Å². The van der Waals surface area contributed by atoms with E-state index in [1.165, 1.54) is 18.2 Å². The van der Waals surface area contributed by atoms with E-state index in [0.29, 0.717) is 0 Å². The minimum absolute atomic E-state index is 0.339. The van der Waals surface area contributed by atoms with Crippen molar-refractivity contribution in [2.24, 2.45) is 0 Å². The van der Waals surface area contributed by atoms with E-state index in [1.54, 1.807) is 0 Å². The van der Waals surface area contributed by atoms with Crippen LogP contribution in [-0.2, 0) is 9.59 Å². The molecule has 7 heteroatoms. The van der Waals surface area contributed by atoms with E-state index >= 15 is 0 Å². The molecule has 0 heterocycles. The number of hydrogen-bond donors (Lipinski definition) is 3. The minimum Gasteiger partial charge on any atom is -0.481 e. The van der Waals surface area contributed by atoms with Crippen molar-refractivity contribution in [1.82, 2.24) is 5.32 Å². The molecular formula is C11H10FNO5. The highest BCUT2D eigenvalue weighted by molar-refractivity contribution is 5.97. The summed E-state index contributed by atoms with van der Waals surface area (Å²) in [6.07, 6.45) is -0.782. The number of carbonyl (C=O) groups is 3. The highest BCUT2D eigenvalue weighted by Crippen LogP contribution is 2.07. The highest BCUT2D eigenvalue weighted by atomic mass is 19.1. The van der Waals surface area contributed by atoms with Crippen molar-refractivity contribution >= 4 is 17.8 Å². The van der Waals surface area contributed by atoms with Gasteiger partial charge in [-0.1, -0.05) is 12.1 Å². The number of carboxylic acids is 2. The van der Waals surface area contributed by atoms with E-state index in [2.05, 4.69) is 0 Å². The standard InChI is InChI=1S/C11H10FNO5/c12-7-4-2-1-3-6(7)10(16)13-8(11(17)18)5-9(14)15/h1-4,8H,5H2,(H,13,16)(H,14,15)(H,17,18). The van der Waals surface area contributed by atoms with Crippen LogP contribution in [0.4, 0.5) is 4.39 Å². The molecule has 0 radical (unpaired) electrons. The molecule has 6 nitrogen and oxygen atoms in total. The molecule has 0 fully saturated rings. The Hall–Kier alpha value is -2.44. The molecule has 0 aliphatic rings. The molecule has 0 aliphatic heterocycles. The quantitative estimate of drug-likeness (QED) is 0.710. The first-order valence-electron chi connectivity index (χ1n) is 4.92. The lowest BCUT2D eigenvalue weighted by Crippen LogP contribution is -2.42. The number of nitrogens with one attached hydrogen (secondary N) is 1. The van der Waals surface area contributed by atoms with Gasteiger partial charge in [-0.05, 0) is 12.1 Å². The lowest BCUT2D eigenvalue weighted by molar-refractivity contribution is -0.145. The Morgan fingerprint density at radius 1 is 1.22 bits per heavy atom. The van der Waals surface area contributed by atoms with Gasteiger partial charge in [0.25, 0.3) is 5.91 Å². The van der Waals surface area contributed by atoms with Crippen molar-refractivity contribution in [2.75, 3.05) is 0 Å². The zero-order chi connectivity index (χ0) is 13.7. The molecule has 0 spiro atoms. The second-order valence-corrected chi connectivity index (χ2v) is 3.44. The number of benzene rings is 1. The number of carboxylic acid groups (broad SMARTS) is 2. The van der Waals surface area contributed by atoms with Crippen molar-refractivity contribution in [3.05, 3.63) is 35.6 Å². The summed E-state index contributed by atoms with van der Waals surface area (Å²) in [5.41, 5.74) is -0.339. The summed E-state index contributed by atoms with van der Waals surface area (Å²) in [5.74, 6) is -4.66. The van der Waals surface area contributed by atoms with Crippen molar-refractivity contribution in [3.63, 3.8) is 0 Å². The van der Waals surface area contributed by atoms with Gasteiger partial charge in [0.15, 0.2) is 0 Å². The minimum atomic E-state index is -1.60. The third kappa shape index (κ3) is 3.55. The molecule has 0 aromatic heterocycles. The predicted molar refractivity (Wildman–Crippen MR) is 57.5 cm³/mol. The predicted octanol–water partition coefficient (Wildman–Crippen LogP) is 0.483. The van der Waals surface area contributed by atoms with E-state index in [1.807, 2.05) is 5.32 Å². The number of hydrogen-bond acceptors (Lipinski definition) is 3. The maximum Gasteiger partial charge on any atom is 0.326 e. The molecular weight excluding hydrogens is 245 g/mol. The van der Waals surface area contributed by atoms with E-state index in [4.69, 9.17) is 10.2 Å². The molecule has 0 saturated carbocycles.